The number of anilines is 1. The van der Waals surface area contributed by atoms with Crippen molar-refractivity contribution in [2.45, 2.75) is 32.0 Å². The molecular weight excluding hydrogens is 468 g/mol. The Kier molecular flexibility index (Phi) is 7.45. The third-order valence-electron chi connectivity index (χ3n) is 4.95. The highest BCUT2D eigenvalue weighted by atomic mass is 32.2. The van der Waals surface area contributed by atoms with Gasteiger partial charge in [-0.15, -0.1) is 10.2 Å². The quantitative estimate of drug-likeness (QED) is 0.252. The molecule has 0 atom stereocenters. The number of non-ortho nitro benzene ring substituents is 1. The normalized spacial score (nSPS) is 10.8. The minimum atomic E-state index is -0.571. The molecule has 1 aromatic carbocycles. The van der Waals surface area contributed by atoms with Gasteiger partial charge in [-0.05, 0) is 13.8 Å². The second-order valence-electron chi connectivity index (χ2n) is 7.22. The van der Waals surface area contributed by atoms with Crippen LogP contribution in [0.1, 0.15) is 17.2 Å². The molecule has 34 heavy (non-hydrogen) atoms. The van der Waals surface area contributed by atoms with Crippen LogP contribution in [0.2, 0.25) is 0 Å². The second kappa shape index (κ2) is 10.3. The van der Waals surface area contributed by atoms with Crippen LogP contribution in [0.4, 0.5) is 17.1 Å². The van der Waals surface area contributed by atoms with Crippen molar-refractivity contribution in [2.75, 3.05) is 18.2 Å². The molecule has 0 aliphatic rings. The fraction of sp³-hybridized carbons (Fsp3) is 0.368. The Hall–Kier alpha value is -4.01. The first-order chi connectivity index (χ1) is 16.1. The highest BCUT2D eigenvalue weighted by molar-refractivity contribution is 7.99. The SMILES string of the molecule is COc1cc(NC(=O)CSc2nnc(CCn3nc(C)c([N+](=O)[O-])c3C)n2C)cc([N+](=O)[O-])c1. The molecule has 0 saturated heterocycles. The number of nitrogens with one attached hydrogen (secondary N) is 1. The van der Waals surface area contributed by atoms with Crippen molar-refractivity contribution < 1.29 is 19.4 Å². The molecular formula is C19H22N8O6S. The lowest BCUT2D eigenvalue weighted by Gasteiger charge is -2.08. The topological polar surface area (TPSA) is 173 Å². The van der Waals surface area contributed by atoms with E-state index in [2.05, 4.69) is 20.6 Å². The second-order valence-corrected chi connectivity index (χ2v) is 8.16. The van der Waals surface area contributed by atoms with Crippen molar-refractivity contribution in [3.63, 3.8) is 0 Å². The Morgan fingerprint density at radius 2 is 1.91 bits per heavy atom. The van der Waals surface area contributed by atoms with Crippen LogP contribution in [0.25, 0.3) is 0 Å². The number of carbonyl (C=O) groups excluding carboxylic acids is 1. The number of nitro groups is 2. The maximum atomic E-state index is 12.4. The predicted molar refractivity (Wildman–Crippen MR) is 122 cm³/mol. The van der Waals surface area contributed by atoms with Gasteiger partial charge in [0, 0.05) is 32.1 Å². The molecule has 3 rings (SSSR count). The van der Waals surface area contributed by atoms with Gasteiger partial charge in [0.1, 0.15) is 23.0 Å². The van der Waals surface area contributed by atoms with Gasteiger partial charge >= 0.3 is 5.69 Å². The van der Waals surface area contributed by atoms with Gasteiger partial charge in [-0.2, -0.15) is 5.10 Å². The Labute approximate surface area is 197 Å². The van der Waals surface area contributed by atoms with E-state index in [0.29, 0.717) is 35.3 Å². The summed E-state index contributed by atoms with van der Waals surface area (Å²) in [5.41, 5.74) is 0.863. The van der Waals surface area contributed by atoms with E-state index in [-0.39, 0.29) is 34.5 Å². The number of hydrogen-bond acceptors (Lipinski definition) is 10. The van der Waals surface area contributed by atoms with Crippen LogP contribution in [0.5, 0.6) is 5.75 Å². The summed E-state index contributed by atoms with van der Waals surface area (Å²) in [4.78, 5) is 33.6. The van der Waals surface area contributed by atoms with Crippen molar-refractivity contribution in [3.8, 4) is 5.75 Å². The van der Waals surface area contributed by atoms with Crippen LogP contribution >= 0.6 is 11.8 Å². The fourth-order valence-electron chi connectivity index (χ4n) is 3.27. The van der Waals surface area contributed by atoms with Crippen molar-refractivity contribution in [1.29, 1.82) is 0 Å². The Bertz CT molecular complexity index is 1250. The Morgan fingerprint density at radius 1 is 1.18 bits per heavy atom. The maximum Gasteiger partial charge on any atom is 0.312 e. The number of methoxy groups -OCH3 is 1. The number of aromatic nitrogens is 5. The average Bonchev–Trinajstić information content (AvgIpc) is 3.28. The molecule has 0 unspecified atom stereocenters. The van der Waals surface area contributed by atoms with Crippen LogP contribution in [0.15, 0.2) is 23.4 Å². The zero-order valence-corrected chi connectivity index (χ0v) is 19.7. The molecule has 0 saturated carbocycles. The summed E-state index contributed by atoms with van der Waals surface area (Å²) in [6.45, 7) is 3.62. The highest BCUT2D eigenvalue weighted by Crippen LogP contribution is 2.26. The molecule has 0 bridgehead atoms. The van der Waals surface area contributed by atoms with Gasteiger partial charge in [0.2, 0.25) is 5.91 Å². The number of hydrogen-bond donors (Lipinski definition) is 1. The predicted octanol–water partition coefficient (Wildman–Crippen LogP) is 2.43. The summed E-state index contributed by atoms with van der Waals surface area (Å²) < 4.78 is 8.33. The van der Waals surface area contributed by atoms with E-state index in [4.69, 9.17) is 4.74 Å². The number of benzene rings is 1. The number of amides is 1. The molecule has 0 radical (unpaired) electrons. The van der Waals surface area contributed by atoms with Gasteiger partial charge in [0.05, 0.1) is 34.5 Å². The molecule has 2 aromatic heterocycles. The van der Waals surface area contributed by atoms with Crippen LogP contribution in [-0.4, -0.2) is 53.2 Å². The number of carbonyl (C=O) groups is 1. The molecule has 0 aliphatic heterocycles. The number of rotatable bonds is 10. The first kappa shape index (κ1) is 24.6. The molecule has 0 spiro atoms. The van der Waals surface area contributed by atoms with E-state index < -0.39 is 9.85 Å². The lowest BCUT2D eigenvalue weighted by atomic mass is 10.2. The molecule has 1 amide bonds. The van der Waals surface area contributed by atoms with Gasteiger partial charge in [-0.3, -0.25) is 29.7 Å². The van der Waals surface area contributed by atoms with E-state index in [9.17, 15) is 25.0 Å². The van der Waals surface area contributed by atoms with E-state index in [1.165, 1.54) is 25.3 Å². The molecule has 0 fully saturated rings. The number of aryl methyl sites for hydroxylation is 3. The summed E-state index contributed by atoms with van der Waals surface area (Å²) in [6, 6.07) is 3.99. The van der Waals surface area contributed by atoms with Gasteiger partial charge in [-0.1, -0.05) is 11.8 Å². The van der Waals surface area contributed by atoms with Gasteiger partial charge in [0.25, 0.3) is 5.69 Å². The van der Waals surface area contributed by atoms with Crippen molar-refractivity contribution >= 4 is 34.7 Å². The number of nitrogens with zero attached hydrogens (tertiary/aromatic N) is 7. The fourth-order valence-corrected chi connectivity index (χ4v) is 4.00. The summed E-state index contributed by atoms with van der Waals surface area (Å²) in [6.07, 6.45) is 0.433. The zero-order chi connectivity index (χ0) is 25.0. The summed E-state index contributed by atoms with van der Waals surface area (Å²) in [7, 11) is 3.13. The molecule has 2 heterocycles. The number of thioether (sulfide) groups is 1. The first-order valence-electron chi connectivity index (χ1n) is 9.93. The molecule has 0 aliphatic carbocycles. The number of ether oxygens (including phenoxy) is 1. The van der Waals surface area contributed by atoms with Crippen molar-refractivity contribution in [2.24, 2.45) is 7.05 Å². The van der Waals surface area contributed by atoms with E-state index in [0.717, 1.165) is 11.8 Å². The van der Waals surface area contributed by atoms with Crippen LogP contribution in [0.3, 0.4) is 0 Å². The number of nitro benzene ring substituents is 1. The minimum absolute atomic E-state index is 0.000629. The van der Waals surface area contributed by atoms with E-state index >= 15 is 0 Å². The summed E-state index contributed by atoms with van der Waals surface area (Å²) in [5.74, 6) is 0.498. The van der Waals surface area contributed by atoms with Crippen molar-refractivity contribution in [3.05, 3.63) is 55.6 Å². The highest BCUT2D eigenvalue weighted by Gasteiger charge is 2.22. The smallest absolute Gasteiger partial charge is 0.312 e. The lowest BCUT2D eigenvalue weighted by Crippen LogP contribution is -2.15. The lowest BCUT2D eigenvalue weighted by molar-refractivity contribution is -0.386. The van der Waals surface area contributed by atoms with Crippen molar-refractivity contribution in [1.82, 2.24) is 24.5 Å². The minimum Gasteiger partial charge on any atom is -0.496 e. The average molecular weight is 491 g/mol. The summed E-state index contributed by atoms with van der Waals surface area (Å²) in [5, 5.41) is 37.8. The van der Waals surface area contributed by atoms with Gasteiger partial charge in [0.15, 0.2) is 5.16 Å². The maximum absolute atomic E-state index is 12.4. The van der Waals surface area contributed by atoms with Crippen LogP contribution in [-0.2, 0) is 24.8 Å². The largest absolute Gasteiger partial charge is 0.496 e. The van der Waals surface area contributed by atoms with Crippen LogP contribution < -0.4 is 10.1 Å². The Balaban J connectivity index is 1.60. The monoisotopic (exact) mass is 490 g/mol. The first-order valence-corrected chi connectivity index (χ1v) is 10.9. The third kappa shape index (κ3) is 5.48. The molecule has 1 N–H and O–H groups in total. The standard InChI is InChI=1S/C19H22N8O6S/c1-11-18(27(31)32)12(2)25(23-11)6-5-16-21-22-19(24(16)3)34-10-17(28)20-13-7-14(26(29)30)9-15(8-13)33-4/h7-9H,5-6,10H2,1-4H3,(H,20,28). The Morgan fingerprint density at radius 3 is 2.53 bits per heavy atom. The summed E-state index contributed by atoms with van der Waals surface area (Å²) >= 11 is 1.15. The third-order valence-corrected chi connectivity index (χ3v) is 5.97. The van der Waals surface area contributed by atoms with Gasteiger partial charge in [-0.25, -0.2) is 0 Å². The van der Waals surface area contributed by atoms with E-state index in [1.807, 2.05) is 0 Å². The molecule has 3 aromatic rings. The van der Waals surface area contributed by atoms with Gasteiger partial charge < -0.3 is 14.6 Å². The van der Waals surface area contributed by atoms with Crippen LogP contribution in [0, 0.1) is 34.1 Å². The van der Waals surface area contributed by atoms with E-state index in [1.54, 1.807) is 30.1 Å². The zero-order valence-electron chi connectivity index (χ0n) is 18.8. The molecule has 14 nitrogen and oxygen atoms in total. The molecule has 15 heteroatoms. The molecule has 180 valence electrons.